The lowest BCUT2D eigenvalue weighted by atomic mass is 10.1. The third kappa shape index (κ3) is 5.63. The number of guanidine groups is 1. The highest BCUT2D eigenvalue weighted by Gasteiger charge is 2.24. The van der Waals surface area contributed by atoms with Gasteiger partial charge in [0.05, 0.1) is 12.6 Å². The van der Waals surface area contributed by atoms with Gasteiger partial charge in [-0.3, -0.25) is 4.99 Å². The lowest BCUT2D eigenvalue weighted by Gasteiger charge is -2.34. The molecule has 2 heterocycles. The average molecular weight is 410 g/mol. The molecule has 6 heteroatoms. The van der Waals surface area contributed by atoms with E-state index in [1.807, 2.05) is 25.5 Å². The lowest BCUT2D eigenvalue weighted by molar-refractivity contribution is 0.00100. The van der Waals surface area contributed by atoms with Gasteiger partial charge in [0.15, 0.2) is 5.96 Å². The van der Waals surface area contributed by atoms with Gasteiger partial charge in [0.2, 0.25) is 0 Å². The quantitative estimate of drug-likeness (QED) is 0.560. The Hall–Kier alpha value is -2.34. The molecule has 1 saturated heterocycles. The number of rotatable bonds is 7. The van der Waals surface area contributed by atoms with Gasteiger partial charge in [0.25, 0.3) is 0 Å². The molecule has 162 valence electrons. The minimum atomic E-state index is 0.407. The molecule has 0 unspecified atom stereocenters. The van der Waals surface area contributed by atoms with Crippen molar-refractivity contribution in [3.8, 4) is 0 Å². The highest BCUT2D eigenvalue weighted by Crippen LogP contribution is 2.26. The zero-order chi connectivity index (χ0) is 20.6. The van der Waals surface area contributed by atoms with Crippen LogP contribution in [0.15, 0.2) is 47.7 Å². The van der Waals surface area contributed by atoms with Gasteiger partial charge in [-0.15, -0.1) is 0 Å². The van der Waals surface area contributed by atoms with E-state index in [0.717, 1.165) is 56.8 Å². The molecule has 2 fully saturated rings. The van der Waals surface area contributed by atoms with Crippen LogP contribution >= 0.6 is 0 Å². The van der Waals surface area contributed by atoms with Gasteiger partial charge in [0.1, 0.15) is 5.82 Å². The van der Waals surface area contributed by atoms with E-state index in [-0.39, 0.29) is 0 Å². The van der Waals surface area contributed by atoms with Crippen LogP contribution < -0.4 is 5.32 Å². The molecule has 0 amide bonds. The summed E-state index contributed by atoms with van der Waals surface area (Å²) in [5, 5.41) is 3.51. The Bertz CT molecular complexity index is 789. The number of hydrogen-bond acceptors (Lipinski definition) is 3. The van der Waals surface area contributed by atoms with Crippen molar-refractivity contribution < 1.29 is 4.74 Å². The Morgan fingerprint density at radius 2 is 1.90 bits per heavy atom. The summed E-state index contributed by atoms with van der Waals surface area (Å²) in [5.74, 6) is 2.78. The normalized spacial score (nSPS) is 18.8. The van der Waals surface area contributed by atoms with Crippen molar-refractivity contribution in [3.05, 3.63) is 54.1 Å². The van der Waals surface area contributed by atoms with Crippen molar-refractivity contribution in [1.29, 1.82) is 0 Å². The van der Waals surface area contributed by atoms with Crippen LogP contribution in [0.5, 0.6) is 0 Å². The molecule has 1 N–H and O–H groups in total. The summed E-state index contributed by atoms with van der Waals surface area (Å²) >= 11 is 0. The number of likely N-dealkylation sites (tertiary alicyclic amines) is 1. The van der Waals surface area contributed by atoms with E-state index in [9.17, 15) is 0 Å². The first kappa shape index (κ1) is 20.9. The second kappa shape index (κ2) is 10.6. The van der Waals surface area contributed by atoms with Gasteiger partial charge in [-0.05, 0) is 37.2 Å². The van der Waals surface area contributed by atoms with Crippen molar-refractivity contribution in [2.24, 2.45) is 10.9 Å². The maximum atomic E-state index is 6.22. The lowest BCUT2D eigenvalue weighted by Crippen LogP contribution is -2.47. The van der Waals surface area contributed by atoms with Crippen LogP contribution in [0, 0.1) is 5.92 Å². The molecule has 0 spiro atoms. The summed E-state index contributed by atoms with van der Waals surface area (Å²) < 4.78 is 8.41. The minimum absolute atomic E-state index is 0.407. The van der Waals surface area contributed by atoms with Crippen LogP contribution in [0.4, 0.5) is 0 Å². The molecule has 0 radical (unpaired) electrons. The summed E-state index contributed by atoms with van der Waals surface area (Å²) in [6.45, 7) is 4.45. The van der Waals surface area contributed by atoms with Gasteiger partial charge in [-0.1, -0.05) is 43.2 Å². The van der Waals surface area contributed by atoms with E-state index in [4.69, 9.17) is 4.74 Å². The zero-order valence-electron chi connectivity index (χ0n) is 18.2. The first-order chi connectivity index (χ1) is 14.8. The van der Waals surface area contributed by atoms with E-state index < -0.39 is 0 Å². The smallest absolute Gasteiger partial charge is 0.194 e. The fraction of sp³-hybridized carbons (Fsp3) is 0.583. The van der Waals surface area contributed by atoms with E-state index in [1.54, 1.807) is 0 Å². The number of imidazole rings is 1. The third-order valence-electron chi connectivity index (χ3n) is 6.40. The molecule has 2 aliphatic rings. The maximum absolute atomic E-state index is 6.22. The summed E-state index contributed by atoms with van der Waals surface area (Å²) in [7, 11) is 1.86. The van der Waals surface area contributed by atoms with E-state index in [1.165, 1.54) is 31.2 Å². The second-order valence-electron chi connectivity index (χ2n) is 8.53. The largest absolute Gasteiger partial charge is 0.378 e. The molecule has 4 rings (SSSR count). The minimum Gasteiger partial charge on any atom is -0.378 e. The Morgan fingerprint density at radius 1 is 1.13 bits per heavy atom. The number of aliphatic imine (C=N–C) groups is 1. The van der Waals surface area contributed by atoms with Gasteiger partial charge in [-0.25, -0.2) is 4.98 Å². The van der Waals surface area contributed by atoms with Crippen LogP contribution in [0.3, 0.4) is 0 Å². The molecular weight excluding hydrogens is 374 g/mol. The fourth-order valence-electron chi connectivity index (χ4n) is 4.61. The first-order valence-electron chi connectivity index (χ1n) is 11.4. The zero-order valence-corrected chi connectivity index (χ0v) is 18.2. The molecule has 1 saturated carbocycles. The number of ether oxygens (including phenoxy) is 1. The van der Waals surface area contributed by atoms with Crippen LogP contribution in [0.25, 0.3) is 0 Å². The average Bonchev–Trinajstić information content (AvgIpc) is 3.46. The molecule has 0 atom stereocenters. The molecule has 1 aromatic heterocycles. The Morgan fingerprint density at radius 3 is 2.63 bits per heavy atom. The van der Waals surface area contributed by atoms with Crippen molar-refractivity contribution in [2.45, 2.75) is 57.7 Å². The third-order valence-corrected chi connectivity index (χ3v) is 6.40. The number of benzene rings is 1. The summed E-state index contributed by atoms with van der Waals surface area (Å²) in [5.41, 5.74) is 1.28. The first-order valence-corrected chi connectivity index (χ1v) is 11.4. The second-order valence-corrected chi connectivity index (χ2v) is 8.53. The van der Waals surface area contributed by atoms with Crippen LogP contribution in [0.1, 0.15) is 49.9 Å². The van der Waals surface area contributed by atoms with Gasteiger partial charge < -0.3 is 19.5 Å². The highest BCUT2D eigenvalue weighted by molar-refractivity contribution is 5.79. The maximum Gasteiger partial charge on any atom is 0.194 e. The molecule has 1 aromatic carbocycles. The van der Waals surface area contributed by atoms with Crippen LogP contribution in [0.2, 0.25) is 0 Å². The molecule has 0 bridgehead atoms. The molecule has 1 aliphatic carbocycles. The van der Waals surface area contributed by atoms with E-state index in [0.29, 0.717) is 12.6 Å². The SMILES string of the molecule is CN=C(NCc1nccn1Cc1ccccc1)N1CCC(OCC2CCCC2)CC1. The monoisotopic (exact) mass is 409 g/mol. The number of hydrogen-bond donors (Lipinski definition) is 1. The number of aromatic nitrogens is 2. The van der Waals surface area contributed by atoms with Gasteiger partial charge in [-0.2, -0.15) is 0 Å². The highest BCUT2D eigenvalue weighted by atomic mass is 16.5. The topological polar surface area (TPSA) is 54.7 Å². The molecule has 6 nitrogen and oxygen atoms in total. The molecule has 1 aliphatic heterocycles. The summed E-state index contributed by atoms with van der Waals surface area (Å²) in [6.07, 6.45) is 12.0. The van der Waals surface area contributed by atoms with Gasteiger partial charge >= 0.3 is 0 Å². The van der Waals surface area contributed by atoms with Crippen LogP contribution in [-0.4, -0.2) is 53.3 Å². The predicted molar refractivity (Wildman–Crippen MR) is 120 cm³/mol. The predicted octanol–water partition coefficient (Wildman–Crippen LogP) is 3.68. The fourth-order valence-corrected chi connectivity index (χ4v) is 4.61. The number of piperidine rings is 1. The standard InChI is InChI=1S/C24H35N5O/c1-25-24(28-14-11-22(12-15-28)30-19-21-9-5-6-10-21)27-17-23-26-13-16-29(23)18-20-7-3-2-4-8-20/h2-4,7-8,13,16,21-22H,5-6,9-12,14-15,17-19H2,1H3,(H,25,27). The summed E-state index contributed by atoms with van der Waals surface area (Å²) in [6, 6.07) is 10.5. The van der Waals surface area contributed by atoms with Gasteiger partial charge in [0, 0.05) is 45.7 Å². The van der Waals surface area contributed by atoms with E-state index in [2.05, 4.69) is 49.0 Å². The van der Waals surface area contributed by atoms with E-state index >= 15 is 0 Å². The Balaban J connectivity index is 1.23. The molecular formula is C24H35N5O. The summed E-state index contributed by atoms with van der Waals surface area (Å²) in [4.78, 5) is 11.4. The van der Waals surface area contributed by atoms with Crippen LogP contribution in [-0.2, 0) is 17.8 Å². The van der Waals surface area contributed by atoms with Crippen molar-refractivity contribution in [2.75, 3.05) is 26.7 Å². The number of nitrogens with one attached hydrogen (secondary N) is 1. The van der Waals surface area contributed by atoms with Crippen molar-refractivity contribution >= 4 is 5.96 Å². The van der Waals surface area contributed by atoms with Crippen molar-refractivity contribution in [1.82, 2.24) is 19.8 Å². The van der Waals surface area contributed by atoms with Crippen molar-refractivity contribution in [3.63, 3.8) is 0 Å². The molecule has 30 heavy (non-hydrogen) atoms. The molecule has 2 aromatic rings. The Labute approximate surface area is 180 Å². The number of nitrogens with zero attached hydrogens (tertiary/aromatic N) is 4. The Kier molecular flexibility index (Phi) is 7.40.